The van der Waals surface area contributed by atoms with Crippen molar-refractivity contribution >= 4 is 28.9 Å². The molecule has 2 aromatic rings. The second-order valence-electron chi connectivity index (χ2n) is 3.99. The second-order valence-corrected chi connectivity index (χ2v) is 4.87. The maximum absolute atomic E-state index is 5.95. The molecule has 0 radical (unpaired) electrons. The lowest BCUT2D eigenvalue weighted by Gasteiger charge is -2.18. The minimum Gasteiger partial charge on any atom is -0.377 e. The molecule has 2 nitrogen and oxygen atoms in total. The Morgan fingerprint density at radius 3 is 2.33 bits per heavy atom. The lowest BCUT2D eigenvalue weighted by atomic mass is 10.1. The van der Waals surface area contributed by atoms with E-state index < -0.39 is 0 Å². The molecule has 0 aromatic heterocycles. The van der Waals surface area contributed by atoms with Crippen LogP contribution in [0.1, 0.15) is 11.6 Å². The van der Waals surface area contributed by atoms with Crippen LogP contribution in [0.5, 0.6) is 0 Å². The Kier molecular flexibility index (Phi) is 4.48. The first-order valence-corrected chi connectivity index (χ1v) is 6.42. The van der Waals surface area contributed by atoms with Gasteiger partial charge in [-0.3, -0.25) is 0 Å². The van der Waals surface area contributed by atoms with E-state index in [1.165, 1.54) is 0 Å². The van der Waals surface area contributed by atoms with Gasteiger partial charge >= 0.3 is 0 Å². The number of benzene rings is 2. The van der Waals surface area contributed by atoms with Crippen LogP contribution in [-0.4, -0.2) is 6.54 Å². The van der Waals surface area contributed by atoms with Gasteiger partial charge in [0.15, 0.2) is 0 Å². The lowest BCUT2D eigenvalue weighted by molar-refractivity contribution is 0.790. The molecule has 2 aromatic carbocycles. The first kappa shape index (κ1) is 13.2. The van der Waals surface area contributed by atoms with Crippen LogP contribution < -0.4 is 11.1 Å². The maximum Gasteiger partial charge on any atom is 0.0636 e. The Morgan fingerprint density at radius 1 is 1.00 bits per heavy atom. The van der Waals surface area contributed by atoms with Crippen molar-refractivity contribution < 1.29 is 0 Å². The van der Waals surface area contributed by atoms with E-state index in [2.05, 4.69) is 5.32 Å². The van der Waals surface area contributed by atoms with Crippen molar-refractivity contribution in [3.8, 4) is 0 Å². The van der Waals surface area contributed by atoms with Crippen molar-refractivity contribution in [1.29, 1.82) is 0 Å². The summed E-state index contributed by atoms with van der Waals surface area (Å²) in [6.45, 7) is 0.494. The van der Waals surface area contributed by atoms with Crippen molar-refractivity contribution in [3.63, 3.8) is 0 Å². The van der Waals surface area contributed by atoms with Gasteiger partial charge in [-0.25, -0.2) is 0 Å². The van der Waals surface area contributed by atoms with Crippen LogP contribution in [-0.2, 0) is 0 Å². The van der Waals surface area contributed by atoms with Crippen LogP contribution in [0.25, 0.3) is 0 Å². The predicted molar refractivity (Wildman–Crippen MR) is 78.3 cm³/mol. The zero-order valence-electron chi connectivity index (χ0n) is 9.74. The number of halogens is 2. The normalized spacial score (nSPS) is 12.2. The first-order valence-electron chi connectivity index (χ1n) is 5.66. The molecule has 1 unspecified atom stereocenters. The highest BCUT2D eigenvalue weighted by Crippen LogP contribution is 2.22. The van der Waals surface area contributed by atoms with E-state index in [0.29, 0.717) is 11.6 Å². The predicted octanol–water partition coefficient (Wildman–Crippen LogP) is 4.11. The summed E-state index contributed by atoms with van der Waals surface area (Å²) in [4.78, 5) is 0. The van der Waals surface area contributed by atoms with E-state index in [9.17, 15) is 0 Å². The van der Waals surface area contributed by atoms with Crippen molar-refractivity contribution in [2.75, 3.05) is 11.9 Å². The standard InChI is InChI=1S/C14H14Cl2N2/c15-11-6-4-10(5-7-11)14(9-17)18-13-3-1-2-12(16)8-13/h1-8,14,18H,9,17H2. The molecule has 0 aliphatic rings. The third-order valence-electron chi connectivity index (χ3n) is 2.67. The molecule has 0 saturated carbocycles. The third kappa shape index (κ3) is 3.39. The van der Waals surface area contributed by atoms with Gasteiger partial charge in [0, 0.05) is 22.3 Å². The molecule has 18 heavy (non-hydrogen) atoms. The summed E-state index contributed by atoms with van der Waals surface area (Å²) in [5, 5.41) is 4.77. The zero-order chi connectivity index (χ0) is 13.0. The number of rotatable bonds is 4. The molecule has 0 aliphatic heterocycles. The van der Waals surface area contributed by atoms with Crippen LogP contribution in [0.3, 0.4) is 0 Å². The number of hydrogen-bond acceptors (Lipinski definition) is 2. The topological polar surface area (TPSA) is 38.0 Å². The van der Waals surface area contributed by atoms with E-state index in [4.69, 9.17) is 28.9 Å². The van der Waals surface area contributed by atoms with E-state index in [1.54, 1.807) is 0 Å². The van der Waals surface area contributed by atoms with Crippen LogP contribution in [0.4, 0.5) is 5.69 Å². The van der Waals surface area contributed by atoms with Gasteiger partial charge in [0.05, 0.1) is 6.04 Å². The van der Waals surface area contributed by atoms with E-state index in [-0.39, 0.29) is 6.04 Å². The Bertz CT molecular complexity index is 511. The fourth-order valence-corrected chi connectivity index (χ4v) is 2.07. The summed E-state index contributed by atoms with van der Waals surface area (Å²) in [6.07, 6.45) is 0. The van der Waals surface area contributed by atoms with E-state index in [1.807, 2.05) is 48.5 Å². The lowest BCUT2D eigenvalue weighted by Crippen LogP contribution is -2.20. The third-order valence-corrected chi connectivity index (χ3v) is 3.16. The Morgan fingerprint density at radius 2 is 1.72 bits per heavy atom. The number of nitrogens with two attached hydrogens (primary N) is 1. The highest BCUT2D eigenvalue weighted by molar-refractivity contribution is 6.31. The molecular weight excluding hydrogens is 267 g/mol. The molecule has 0 amide bonds. The SMILES string of the molecule is NCC(Nc1cccc(Cl)c1)c1ccc(Cl)cc1. The number of anilines is 1. The summed E-state index contributed by atoms with van der Waals surface area (Å²) in [5.41, 5.74) is 7.85. The molecule has 0 aliphatic carbocycles. The summed E-state index contributed by atoms with van der Waals surface area (Å²) in [6, 6.07) is 15.3. The first-order chi connectivity index (χ1) is 8.69. The number of hydrogen-bond donors (Lipinski definition) is 2. The van der Waals surface area contributed by atoms with Gasteiger partial charge in [0.2, 0.25) is 0 Å². The highest BCUT2D eigenvalue weighted by Gasteiger charge is 2.09. The van der Waals surface area contributed by atoms with Crippen molar-refractivity contribution in [1.82, 2.24) is 0 Å². The highest BCUT2D eigenvalue weighted by atomic mass is 35.5. The molecule has 4 heteroatoms. The largest absolute Gasteiger partial charge is 0.377 e. The molecule has 3 N–H and O–H groups in total. The molecule has 0 fully saturated rings. The summed E-state index contributed by atoms with van der Waals surface area (Å²) in [5.74, 6) is 0. The van der Waals surface area contributed by atoms with Gasteiger partial charge in [0.25, 0.3) is 0 Å². The van der Waals surface area contributed by atoms with Gasteiger partial charge < -0.3 is 11.1 Å². The summed E-state index contributed by atoms with van der Waals surface area (Å²) >= 11 is 11.8. The van der Waals surface area contributed by atoms with E-state index >= 15 is 0 Å². The van der Waals surface area contributed by atoms with Gasteiger partial charge in [-0.05, 0) is 35.9 Å². The van der Waals surface area contributed by atoms with Gasteiger partial charge in [0.1, 0.15) is 0 Å². The average molecular weight is 281 g/mol. The molecule has 0 spiro atoms. The summed E-state index contributed by atoms with van der Waals surface area (Å²) < 4.78 is 0. The fourth-order valence-electron chi connectivity index (χ4n) is 1.75. The van der Waals surface area contributed by atoms with Crippen molar-refractivity contribution in [3.05, 3.63) is 64.1 Å². The minimum absolute atomic E-state index is 0.0423. The van der Waals surface area contributed by atoms with Crippen LogP contribution >= 0.6 is 23.2 Å². The van der Waals surface area contributed by atoms with Gasteiger partial charge in [-0.1, -0.05) is 41.4 Å². The Labute approximate surface area is 117 Å². The fraction of sp³-hybridized carbons (Fsp3) is 0.143. The Hall–Kier alpha value is -1.22. The average Bonchev–Trinajstić information content (AvgIpc) is 2.37. The van der Waals surface area contributed by atoms with Crippen LogP contribution in [0, 0.1) is 0 Å². The van der Waals surface area contributed by atoms with Gasteiger partial charge in [-0.2, -0.15) is 0 Å². The zero-order valence-corrected chi connectivity index (χ0v) is 11.2. The molecule has 0 saturated heterocycles. The molecule has 94 valence electrons. The number of nitrogens with one attached hydrogen (secondary N) is 1. The summed E-state index contributed by atoms with van der Waals surface area (Å²) in [7, 11) is 0. The quantitative estimate of drug-likeness (QED) is 0.885. The van der Waals surface area contributed by atoms with Crippen molar-refractivity contribution in [2.45, 2.75) is 6.04 Å². The minimum atomic E-state index is 0.0423. The second kappa shape index (κ2) is 6.10. The van der Waals surface area contributed by atoms with Gasteiger partial charge in [-0.15, -0.1) is 0 Å². The van der Waals surface area contributed by atoms with Crippen LogP contribution in [0.15, 0.2) is 48.5 Å². The molecule has 0 heterocycles. The van der Waals surface area contributed by atoms with Crippen molar-refractivity contribution in [2.24, 2.45) is 5.73 Å². The molecule has 1 atom stereocenters. The molecule has 0 bridgehead atoms. The molecule has 2 rings (SSSR count). The monoisotopic (exact) mass is 280 g/mol. The molecular formula is C14H14Cl2N2. The van der Waals surface area contributed by atoms with E-state index in [0.717, 1.165) is 16.3 Å². The maximum atomic E-state index is 5.95. The smallest absolute Gasteiger partial charge is 0.0636 e. The van der Waals surface area contributed by atoms with Crippen LogP contribution in [0.2, 0.25) is 10.0 Å². The Balaban J connectivity index is 2.17.